The number of ether oxygens (including phenoxy) is 1. The first-order valence-corrected chi connectivity index (χ1v) is 7.89. The number of morpholine rings is 1. The van der Waals surface area contributed by atoms with Crippen LogP contribution >= 0.6 is 0 Å². The average Bonchev–Trinajstić information content (AvgIpc) is 3.31. The molecule has 1 aliphatic heterocycles. The van der Waals surface area contributed by atoms with Crippen LogP contribution in [0.3, 0.4) is 0 Å². The third-order valence-electron chi connectivity index (χ3n) is 4.82. The van der Waals surface area contributed by atoms with Gasteiger partial charge in [0, 0.05) is 18.3 Å². The predicted octanol–water partition coefficient (Wildman–Crippen LogP) is 1.30. The Morgan fingerprint density at radius 2 is 2.30 bits per heavy atom. The second-order valence-corrected chi connectivity index (χ2v) is 6.38. The van der Waals surface area contributed by atoms with Crippen molar-refractivity contribution < 1.29 is 9.53 Å². The average molecular weight is 313 g/mol. The molecule has 2 fully saturated rings. The summed E-state index contributed by atoms with van der Waals surface area (Å²) in [5, 5.41) is 4.06. The Bertz CT molecular complexity index is 713. The fourth-order valence-corrected chi connectivity index (χ4v) is 3.30. The van der Waals surface area contributed by atoms with Gasteiger partial charge in [-0.25, -0.2) is 14.6 Å². The maximum Gasteiger partial charge on any atom is 0.254 e. The maximum atomic E-state index is 13.1. The summed E-state index contributed by atoms with van der Waals surface area (Å²) in [6, 6.07) is 3.52. The van der Waals surface area contributed by atoms with Crippen LogP contribution in [0.1, 0.15) is 30.1 Å². The molecule has 0 radical (unpaired) electrons. The highest BCUT2D eigenvalue weighted by Crippen LogP contribution is 2.44. The van der Waals surface area contributed by atoms with Gasteiger partial charge in [-0.15, -0.1) is 0 Å². The first kappa shape index (κ1) is 14.3. The van der Waals surface area contributed by atoms with E-state index < -0.39 is 0 Å². The Kier molecular flexibility index (Phi) is 3.37. The molecular weight excluding hydrogens is 294 g/mol. The number of aromatic nitrogens is 4. The quantitative estimate of drug-likeness (QED) is 0.854. The largest absolute Gasteiger partial charge is 0.377 e. The van der Waals surface area contributed by atoms with Crippen molar-refractivity contribution >= 4 is 5.91 Å². The lowest BCUT2D eigenvalue weighted by atomic mass is 9.92. The molecule has 3 heterocycles. The Labute approximate surface area is 134 Å². The molecule has 1 amide bonds. The first-order valence-electron chi connectivity index (χ1n) is 7.89. The maximum absolute atomic E-state index is 13.1. The second kappa shape index (κ2) is 5.42. The van der Waals surface area contributed by atoms with E-state index in [1.54, 1.807) is 29.3 Å². The standard InChI is InChI=1S/C16H19N5O2/c1-16(13-2-3-13)9-23-7-6-20(16)15(22)12-4-5-18-14(8-12)21-11-17-10-19-21/h4-5,8,10-11,13H,2-3,6-7,9H2,1H3. The van der Waals surface area contributed by atoms with Gasteiger partial charge in [0.1, 0.15) is 12.7 Å². The van der Waals surface area contributed by atoms with Crippen molar-refractivity contribution in [1.82, 2.24) is 24.6 Å². The minimum Gasteiger partial charge on any atom is -0.377 e. The van der Waals surface area contributed by atoms with E-state index >= 15 is 0 Å². The molecule has 1 unspecified atom stereocenters. The normalized spacial score (nSPS) is 24.7. The molecule has 1 saturated heterocycles. The molecule has 23 heavy (non-hydrogen) atoms. The Morgan fingerprint density at radius 1 is 1.43 bits per heavy atom. The number of nitrogens with zero attached hydrogens (tertiary/aromatic N) is 5. The van der Waals surface area contributed by atoms with Crippen LogP contribution in [-0.2, 0) is 4.74 Å². The molecule has 2 aromatic heterocycles. The molecular formula is C16H19N5O2. The van der Waals surface area contributed by atoms with Gasteiger partial charge < -0.3 is 9.64 Å². The van der Waals surface area contributed by atoms with E-state index in [1.807, 2.05) is 4.90 Å². The lowest BCUT2D eigenvalue weighted by molar-refractivity contribution is -0.0547. The van der Waals surface area contributed by atoms with Gasteiger partial charge in [0.25, 0.3) is 5.91 Å². The molecule has 120 valence electrons. The molecule has 0 aromatic carbocycles. The van der Waals surface area contributed by atoms with Crippen LogP contribution in [-0.4, -0.2) is 55.9 Å². The van der Waals surface area contributed by atoms with Crippen molar-refractivity contribution in [3.8, 4) is 5.82 Å². The number of hydrogen-bond acceptors (Lipinski definition) is 5. The van der Waals surface area contributed by atoms with Crippen molar-refractivity contribution in [2.75, 3.05) is 19.8 Å². The third kappa shape index (κ3) is 2.50. The summed E-state index contributed by atoms with van der Waals surface area (Å²) in [5.41, 5.74) is 0.422. The van der Waals surface area contributed by atoms with E-state index in [0.29, 0.717) is 37.1 Å². The molecule has 2 aromatic rings. The molecule has 7 heteroatoms. The number of pyridine rings is 1. The summed E-state index contributed by atoms with van der Waals surface area (Å²) in [4.78, 5) is 23.2. The molecule has 0 spiro atoms. The van der Waals surface area contributed by atoms with Crippen molar-refractivity contribution in [3.05, 3.63) is 36.5 Å². The lowest BCUT2D eigenvalue weighted by Crippen LogP contribution is -2.58. The van der Waals surface area contributed by atoms with Gasteiger partial charge in [-0.2, -0.15) is 5.10 Å². The van der Waals surface area contributed by atoms with Crippen molar-refractivity contribution in [2.24, 2.45) is 5.92 Å². The van der Waals surface area contributed by atoms with Crippen LogP contribution in [0.4, 0.5) is 0 Å². The summed E-state index contributed by atoms with van der Waals surface area (Å²) in [6.45, 7) is 3.98. The monoisotopic (exact) mass is 313 g/mol. The first-order chi connectivity index (χ1) is 11.2. The second-order valence-electron chi connectivity index (χ2n) is 6.38. The topological polar surface area (TPSA) is 73.1 Å². The lowest BCUT2D eigenvalue weighted by Gasteiger charge is -2.45. The molecule has 7 nitrogen and oxygen atoms in total. The van der Waals surface area contributed by atoms with Crippen LogP contribution in [0.5, 0.6) is 0 Å². The van der Waals surface area contributed by atoms with E-state index in [2.05, 4.69) is 22.0 Å². The van der Waals surface area contributed by atoms with Crippen molar-refractivity contribution in [1.29, 1.82) is 0 Å². The summed E-state index contributed by atoms with van der Waals surface area (Å²) in [6.07, 6.45) is 7.00. The van der Waals surface area contributed by atoms with Crippen LogP contribution < -0.4 is 0 Å². The Morgan fingerprint density at radius 3 is 3.04 bits per heavy atom. The minimum absolute atomic E-state index is 0.0338. The number of hydrogen-bond donors (Lipinski definition) is 0. The van der Waals surface area contributed by atoms with Gasteiger partial charge in [0.15, 0.2) is 5.82 Å². The van der Waals surface area contributed by atoms with Crippen molar-refractivity contribution in [2.45, 2.75) is 25.3 Å². The number of carbonyl (C=O) groups excluding carboxylic acids is 1. The van der Waals surface area contributed by atoms with Crippen molar-refractivity contribution in [3.63, 3.8) is 0 Å². The smallest absolute Gasteiger partial charge is 0.254 e. The van der Waals surface area contributed by atoms with E-state index in [0.717, 1.165) is 0 Å². The third-order valence-corrected chi connectivity index (χ3v) is 4.82. The van der Waals surface area contributed by atoms with Gasteiger partial charge in [0.05, 0.1) is 18.8 Å². The predicted molar refractivity (Wildman–Crippen MR) is 82.1 cm³/mol. The summed E-state index contributed by atoms with van der Waals surface area (Å²) in [5.74, 6) is 1.17. The SMILES string of the molecule is CC1(C2CC2)COCCN1C(=O)c1ccnc(-n2cncn2)c1. The molecule has 1 aliphatic carbocycles. The number of rotatable bonds is 3. The zero-order valence-electron chi connectivity index (χ0n) is 13.1. The van der Waals surface area contributed by atoms with E-state index in [1.165, 1.54) is 19.2 Å². The summed E-state index contributed by atoms with van der Waals surface area (Å²) < 4.78 is 7.21. The zero-order chi connectivity index (χ0) is 15.9. The van der Waals surface area contributed by atoms with E-state index in [9.17, 15) is 4.79 Å². The molecule has 0 bridgehead atoms. The molecule has 2 aliphatic rings. The van der Waals surface area contributed by atoms with Gasteiger partial charge in [-0.3, -0.25) is 4.79 Å². The van der Waals surface area contributed by atoms with Crippen LogP contribution in [0.25, 0.3) is 5.82 Å². The van der Waals surface area contributed by atoms with Gasteiger partial charge in [-0.05, 0) is 37.8 Å². The van der Waals surface area contributed by atoms with E-state index in [-0.39, 0.29) is 11.4 Å². The minimum atomic E-state index is -0.202. The summed E-state index contributed by atoms with van der Waals surface area (Å²) >= 11 is 0. The van der Waals surface area contributed by atoms with Crippen LogP contribution in [0.2, 0.25) is 0 Å². The highest BCUT2D eigenvalue weighted by molar-refractivity contribution is 5.95. The molecule has 4 rings (SSSR count). The highest BCUT2D eigenvalue weighted by atomic mass is 16.5. The van der Waals surface area contributed by atoms with Crippen LogP contribution in [0, 0.1) is 5.92 Å². The van der Waals surface area contributed by atoms with Gasteiger partial charge >= 0.3 is 0 Å². The molecule has 0 N–H and O–H groups in total. The summed E-state index contributed by atoms with van der Waals surface area (Å²) in [7, 11) is 0. The Hall–Kier alpha value is -2.28. The van der Waals surface area contributed by atoms with E-state index in [4.69, 9.17) is 4.74 Å². The molecule has 1 atom stereocenters. The Balaban J connectivity index is 1.64. The van der Waals surface area contributed by atoms with Gasteiger partial charge in [0.2, 0.25) is 0 Å². The highest BCUT2D eigenvalue weighted by Gasteiger charge is 2.49. The number of carbonyl (C=O) groups is 1. The number of amides is 1. The molecule has 1 saturated carbocycles. The fraction of sp³-hybridized carbons (Fsp3) is 0.500. The zero-order valence-corrected chi connectivity index (χ0v) is 13.1. The fourth-order valence-electron chi connectivity index (χ4n) is 3.30. The van der Waals surface area contributed by atoms with Crippen LogP contribution in [0.15, 0.2) is 31.0 Å². The van der Waals surface area contributed by atoms with Gasteiger partial charge in [-0.1, -0.05) is 0 Å².